The quantitative estimate of drug-likeness (QED) is 0.0807. The van der Waals surface area contributed by atoms with Crippen LogP contribution in [0.3, 0.4) is 0 Å². The molecule has 2 heterocycles. The van der Waals surface area contributed by atoms with Crippen molar-refractivity contribution in [3.63, 3.8) is 0 Å². The van der Waals surface area contributed by atoms with Crippen molar-refractivity contribution in [1.29, 1.82) is 0 Å². The fourth-order valence-corrected chi connectivity index (χ4v) is 5.54. The number of carbonyl (C=O) groups is 2. The molecule has 0 amide bonds. The Morgan fingerprint density at radius 2 is 1.38 bits per heavy atom. The van der Waals surface area contributed by atoms with E-state index in [1.807, 2.05) is 0 Å². The second-order valence-corrected chi connectivity index (χ2v) is 11.4. The van der Waals surface area contributed by atoms with Crippen LogP contribution in [-0.4, -0.2) is 158 Å². The lowest BCUT2D eigenvalue weighted by Gasteiger charge is -2.43. The number of hydrogen-bond donors (Lipinski definition) is 7. The van der Waals surface area contributed by atoms with Crippen LogP contribution in [0.5, 0.6) is 34.5 Å². The molecule has 0 bridgehead atoms. The summed E-state index contributed by atoms with van der Waals surface area (Å²) >= 11 is 0. The zero-order chi connectivity index (χ0) is 38.3. The van der Waals surface area contributed by atoms with Crippen LogP contribution in [0, 0.1) is 0 Å². The number of phenolic OH excluding ortho intramolecular Hbond substituents is 1. The molecule has 0 radical (unpaired) electrons. The molecule has 0 aromatic heterocycles. The smallest absolute Gasteiger partial charge is 0.338 e. The standard InChI is InChI=1S/C33H42O19/c1-43-17-10-16(11-18(44-2)24(17)37)31(42)48-13-22-25(38)27(40)28(41)32(49-22)52-33(14-35)30(26(39)21(12-34)51-33)50-23(36)7-6-15-8-19(45-3)29(47-5)20(9-15)46-4/h6-11,21-22,25-28,30,32,34-35,37-41H,12-14H2,1-5H3/t21-,22-,25-,26-,27+,28-,30-,32+,33+/m1/s1. The average Bonchev–Trinajstić information content (AvgIpc) is 3.42. The molecule has 0 aliphatic carbocycles. The van der Waals surface area contributed by atoms with E-state index in [-0.39, 0.29) is 22.8 Å². The molecule has 0 spiro atoms. The van der Waals surface area contributed by atoms with Gasteiger partial charge in [0.2, 0.25) is 17.3 Å². The van der Waals surface area contributed by atoms with Crippen molar-refractivity contribution < 1.29 is 92.7 Å². The monoisotopic (exact) mass is 742 g/mol. The number of carbonyl (C=O) groups excluding carboxylic acids is 2. The summed E-state index contributed by atoms with van der Waals surface area (Å²) in [5.74, 6) is -4.26. The number of aliphatic hydroxyl groups is 6. The number of aliphatic hydroxyl groups excluding tert-OH is 6. The van der Waals surface area contributed by atoms with E-state index in [1.54, 1.807) is 0 Å². The number of methoxy groups -OCH3 is 5. The normalized spacial score (nSPS) is 28.7. The van der Waals surface area contributed by atoms with Gasteiger partial charge in [-0.25, -0.2) is 9.59 Å². The summed E-state index contributed by atoms with van der Waals surface area (Å²) in [5, 5.41) is 73.4. The lowest BCUT2D eigenvalue weighted by Crippen LogP contribution is -2.63. The van der Waals surface area contributed by atoms with Crippen molar-refractivity contribution in [3.05, 3.63) is 41.5 Å². The predicted molar refractivity (Wildman–Crippen MR) is 172 cm³/mol. The van der Waals surface area contributed by atoms with Gasteiger partial charge in [0.1, 0.15) is 49.8 Å². The molecule has 19 nitrogen and oxygen atoms in total. The zero-order valence-corrected chi connectivity index (χ0v) is 28.7. The van der Waals surface area contributed by atoms with Gasteiger partial charge in [-0.15, -0.1) is 0 Å². The highest BCUT2D eigenvalue weighted by atomic mass is 16.8. The van der Waals surface area contributed by atoms with Gasteiger partial charge < -0.3 is 83.1 Å². The number of phenols is 1. The van der Waals surface area contributed by atoms with Crippen LogP contribution in [0.4, 0.5) is 0 Å². The van der Waals surface area contributed by atoms with Gasteiger partial charge >= 0.3 is 11.9 Å². The Kier molecular flexibility index (Phi) is 13.5. The molecule has 2 aliphatic heterocycles. The summed E-state index contributed by atoms with van der Waals surface area (Å²) in [5.41, 5.74) is 0.283. The molecule has 52 heavy (non-hydrogen) atoms. The topological polar surface area (TPSA) is 268 Å². The zero-order valence-electron chi connectivity index (χ0n) is 28.7. The molecule has 0 saturated carbocycles. The van der Waals surface area contributed by atoms with Crippen molar-refractivity contribution in [2.75, 3.05) is 55.4 Å². The fourth-order valence-electron chi connectivity index (χ4n) is 5.54. The molecule has 19 heteroatoms. The van der Waals surface area contributed by atoms with Crippen LogP contribution in [0.25, 0.3) is 6.08 Å². The first kappa shape index (κ1) is 40.3. The third-order valence-electron chi connectivity index (χ3n) is 8.30. The number of ether oxygens (including phenoxy) is 10. The van der Waals surface area contributed by atoms with Gasteiger partial charge in [-0.3, -0.25) is 0 Å². The Balaban J connectivity index is 1.52. The van der Waals surface area contributed by atoms with E-state index in [0.717, 1.165) is 18.2 Å². The van der Waals surface area contributed by atoms with Crippen LogP contribution in [0.1, 0.15) is 15.9 Å². The number of rotatable bonds is 15. The molecule has 2 aromatic rings. The van der Waals surface area contributed by atoms with E-state index >= 15 is 0 Å². The molecular formula is C33H42O19. The van der Waals surface area contributed by atoms with E-state index < -0.39 is 86.6 Å². The Bertz CT molecular complexity index is 1530. The van der Waals surface area contributed by atoms with E-state index in [4.69, 9.17) is 47.4 Å². The summed E-state index contributed by atoms with van der Waals surface area (Å²) in [7, 11) is 6.72. The second kappa shape index (κ2) is 17.4. The molecule has 9 atom stereocenters. The highest BCUT2D eigenvalue weighted by Gasteiger charge is 2.61. The minimum atomic E-state index is -2.50. The highest BCUT2D eigenvalue weighted by Crippen LogP contribution is 2.40. The van der Waals surface area contributed by atoms with Crippen LogP contribution in [0.2, 0.25) is 0 Å². The van der Waals surface area contributed by atoms with Gasteiger partial charge in [0.05, 0.1) is 47.7 Å². The molecule has 7 N–H and O–H groups in total. The summed E-state index contributed by atoms with van der Waals surface area (Å²) in [6.45, 7) is -2.71. The van der Waals surface area contributed by atoms with Gasteiger partial charge in [0.25, 0.3) is 0 Å². The molecule has 288 valence electrons. The van der Waals surface area contributed by atoms with Gasteiger partial charge in [0.15, 0.2) is 35.4 Å². The van der Waals surface area contributed by atoms with Gasteiger partial charge in [-0.2, -0.15) is 0 Å². The van der Waals surface area contributed by atoms with Crippen LogP contribution in [-0.2, 0) is 28.5 Å². The Labute approximate surface area is 296 Å². The molecule has 2 aliphatic rings. The van der Waals surface area contributed by atoms with Crippen molar-refractivity contribution in [2.45, 2.75) is 54.8 Å². The fraction of sp³-hybridized carbons (Fsp3) is 0.515. The van der Waals surface area contributed by atoms with Crippen LogP contribution in [0.15, 0.2) is 30.3 Å². The van der Waals surface area contributed by atoms with Crippen molar-refractivity contribution in [2.24, 2.45) is 0 Å². The minimum absolute atomic E-state index is 0.103. The summed E-state index contributed by atoms with van der Waals surface area (Å²) in [6.07, 6.45) is -12.2. The van der Waals surface area contributed by atoms with Crippen LogP contribution >= 0.6 is 0 Å². The first-order chi connectivity index (χ1) is 24.8. The van der Waals surface area contributed by atoms with E-state index in [2.05, 4.69) is 0 Å². The third kappa shape index (κ3) is 8.27. The first-order valence-corrected chi connectivity index (χ1v) is 15.6. The Morgan fingerprint density at radius 1 is 0.788 bits per heavy atom. The molecule has 0 unspecified atom stereocenters. The van der Waals surface area contributed by atoms with Crippen molar-refractivity contribution >= 4 is 18.0 Å². The number of aromatic hydroxyl groups is 1. The van der Waals surface area contributed by atoms with E-state index in [9.17, 15) is 45.3 Å². The maximum Gasteiger partial charge on any atom is 0.338 e. The molecule has 2 saturated heterocycles. The molecule has 2 fully saturated rings. The summed E-state index contributed by atoms with van der Waals surface area (Å²) in [6, 6.07) is 5.40. The van der Waals surface area contributed by atoms with Gasteiger partial charge in [0, 0.05) is 6.08 Å². The lowest BCUT2D eigenvalue weighted by molar-refractivity contribution is -0.383. The Morgan fingerprint density at radius 3 is 1.90 bits per heavy atom. The molecular weight excluding hydrogens is 700 g/mol. The minimum Gasteiger partial charge on any atom is -0.502 e. The van der Waals surface area contributed by atoms with Crippen molar-refractivity contribution in [1.82, 2.24) is 0 Å². The molecule has 2 aromatic carbocycles. The number of hydrogen-bond acceptors (Lipinski definition) is 19. The number of esters is 2. The highest BCUT2D eigenvalue weighted by molar-refractivity contribution is 5.91. The molecule has 4 rings (SSSR count). The van der Waals surface area contributed by atoms with E-state index in [1.165, 1.54) is 53.8 Å². The maximum absolute atomic E-state index is 13.0. The first-order valence-electron chi connectivity index (χ1n) is 15.6. The average molecular weight is 743 g/mol. The second-order valence-electron chi connectivity index (χ2n) is 11.4. The van der Waals surface area contributed by atoms with Crippen molar-refractivity contribution in [3.8, 4) is 34.5 Å². The van der Waals surface area contributed by atoms with E-state index in [0.29, 0.717) is 22.8 Å². The maximum atomic E-state index is 13.0. The summed E-state index contributed by atoms with van der Waals surface area (Å²) < 4.78 is 53.6. The largest absolute Gasteiger partial charge is 0.502 e. The van der Waals surface area contributed by atoms with Gasteiger partial charge in [-0.05, 0) is 35.9 Å². The SMILES string of the molecule is COc1cc(C(=O)OC[C@H]2O[C@@H](O[C@]3(CO)O[C@H](CO)[C@@H](O)[C@H]3OC(=O)C=Cc3cc(OC)c(OC)c(OC)c3)[C@H](O)[C@@H](O)[C@@H]2O)cc(OC)c1O. The summed E-state index contributed by atoms with van der Waals surface area (Å²) in [4.78, 5) is 25.9. The third-order valence-corrected chi connectivity index (χ3v) is 8.30. The Hall–Kier alpha value is -4.44. The number of benzene rings is 2. The van der Waals surface area contributed by atoms with Gasteiger partial charge in [-0.1, -0.05) is 0 Å². The lowest BCUT2D eigenvalue weighted by atomic mass is 9.98. The predicted octanol–water partition coefficient (Wildman–Crippen LogP) is -1.52. The van der Waals surface area contributed by atoms with Crippen LogP contribution < -0.4 is 23.7 Å².